The molecule has 2 aromatic rings. The molecule has 1 aromatic heterocycles. The van der Waals surface area contributed by atoms with Gasteiger partial charge in [0, 0.05) is 24.7 Å². The highest BCUT2D eigenvalue weighted by molar-refractivity contribution is 5.96. The second-order valence-electron chi connectivity index (χ2n) is 9.78. The highest BCUT2D eigenvalue weighted by Gasteiger charge is 2.33. The summed E-state index contributed by atoms with van der Waals surface area (Å²) in [4.78, 5) is 81.0. The van der Waals surface area contributed by atoms with Crippen molar-refractivity contribution in [1.82, 2.24) is 31.2 Å². The maximum absolute atomic E-state index is 13.2. The van der Waals surface area contributed by atoms with Crippen LogP contribution in [0, 0.1) is 0 Å². The Hall–Kier alpha value is -5.07. The summed E-state index contributed by atoms with van der Waals surface area (Å²) in [5.74, 6) is -7.32. The number of rotatable bonds is 17. The Bertz CT molecular complexity index is 1300. The minimum atomic E-state index is -1.81. The van der Waals surface area contributed by atoms with Gasteiger partial charge in [-0.15, -0.1) is 0 Å². The quantitative estimate of drug-likeness (QED) is 0.0806. The standard InChI is InChI=1S/C26H35N7O11/c1-12(35)21(27)25(42)31-16(6-13-2-4-15(36)5-3-13)22(39)33-19(10-34)24(41)30-17(8-20(37)38)23(40)32-18(26(43)44)7-14-9-28-11-29-14/h2-5,9,11-12,16-19,21,34-36H,6-8,10,27H2,1H3,(H,28,29)(H,30,41)(H,31,42)(H,32,40)(H,33,39)(H,37,38)(H,43,44)/t12-,16+,17+,18+,19+,21+/m1/s1. The average Bonchev–Trinajstić information content (AvgIpc) is 3.48. The average molecular weight is 622 g/mol. The van der Waals surface area contributed by atoms with Crippen molar-refractivity contribution in [3.8, 4) is 5.75 Å². The maximum Gasteiger partial charge on any atom is 0.326 e. The van der Waals surface area contributed by atoms with Gasteiger partial charge in [-0.05, 0) is 24.6 Å². The number of carbonyl (C=O) groups is 6. The van der Waals surface area contributed by atoms with E-state index in [1.165, 1.54) is 43.7 Å². The lowest BCUT2D eigenvalue weighted by molar-refractivity contribution is -0.143. The Kier molecular flexibility index (Phi) is 13.2. The molecule has 1 aromatic carbocycles. The van der Waals surface area contributed by atoms with Crippen LogP contribution in [0.15, 0.2) is 36.8 Å². The van der Waals surface area contributed by atoms with Gasteiger partial charge in [0.1, 0.15) is 36.0 Å². The van der Waals surface area contributed by atoms with Crippen LogP contribution in [0.3, 0.4) is 0 Å². The third kappa shape index (κ3) is 11.0. The number of hydrogen-bond donors (Lipinski definition) is 11. The number of aromatic nitrogens is 2. The van der Waals surface area contributed by atoms with Gasteiger partial charge in [-0.1, -0.05) is 12.1 Å². The fraction of sp³-hybridized carbons (Fsp3) is 0.423. The minimum Gasteiger partial charge on any atom is -0.508 e. The Labute approximate surface area is 250 Å². The number of carbonyl (C=O) groups excluding carboxylic acids is 4. The van der Waals surface area contributed by atoms with E-state index in [2.05, 4.69) is 31.2 Å². The van der Waals surface area contributed by atoms with Crippen LogP contribution in [-0.2, 0) is 41.6 Å². The Morgan fingerprint density at radius 1 is 0.841 bits per heavy atom. The summed E-state index contributed by atoms with van der Waals surface area (Å²) in [5.41, 5.74) is 6.46. The molecule has 18 heteroatoms. The molecule has 0 saturated carbocycles. The molecule has 18 nitrogen and oxygen atoms in total. The predicted octanol–water partition coefficient (Wildman–Crippen LogP) is -3.90. The van der Waals surface area contributed by atoms with E-state index in [1.54, 1.807) is 0 Å². The molecule has 4 amide bonds. The molecule has 6 atom stereocenters. The van der Waals surface area contributed by atoms with Crippen LogP contribution in [0.2, 0.25) is 0 Å². The molecular weight excluding hydrogens is 586 g/mol. The van der Waals surface area contributed by atoms with Gasteiger partial charge in [-0.3, -0.25) is 24.0 Å². The smallest absolute Gasteiger partial charge is 0.326 e. The van der Waals surface area contributed by atoms with Gasteiger partial charge < -0.3 is 57.5 Å². The van der Waals surface area contributed by atoms with Crippen LogP contribution in [0.1, 0.15) is 24.6 Å². The van der Waals surface area contributed by atoms with Crippen molar-refractivity contribution in [3.05, 3.63) is 48.0 Å². The largest absolute Gasteiger partial charge is 0.508 e. The monoisotopic (exact) mass is 621 g/mol. The number of aliphatic hydroxyl groups excluding tert-OH is 2. The van der Waals surface area contributed by atoms with E-state index in [0.29, 0.717) is 11.3 Å². The molecule has 0 bridgehead atoms. The molecule has 0 spiro atoms. The van der Waals surface area contributed by atoms with Crippen LogP contribution >= 0.6 is 0 Å². The van der Waals surface area contributed by atoms with Crippen molar-refractivity contribution in [2.45, 2.75) is 62.5 Å². The first-order chi connectivity index (χ1) is 20.7. The zero-order valence-electron chi connectivity index (χ0n) is 23.5. The highest BCUT2D eigenvalue weighted by atomic mass is 16.4. The summed E-state index contributed by atoms with van der Waals surface area (Å²) < 4.78 is 0. The summed E-state index contributed by atoms with van der Waals surface area (Å²) in [6.45, 7) is 0.231. The van der Waals surface area contributed by atoms with Crippen molar-refractivity contribution < 1.29 is 54.3 Å². The molecule has 0 aliphatic rings. The van der Waals surface area contributed by atoms with E-state index in [9.17, 15) is 54.3 Å². The van der Waals surface area contributed by atoms with Gasteiger partial charge in [0.25, 0.3) is 0 Å². The molecule has 1 heterocycles. The number of amides is 4. The number of hydrogen-bond acceptors (Lipinski definition) is 11. The number of nitrogens with zero attached hydrogens (tertiary/aromatic N) is 1. The molecule has 0 radical (unpaired) electrons. The van der Waals surface area contributed by atoms with E-state index >= 15 is 0 Å². The lowest BCUT2D eigenvalue weighted by atomic mass is 10.0. The topological polar surface area (TPSA) is 306 Å². The van der Waals surface area contributed by atoms with Crippen LogP contribution in [0.4, 0.5) is 0 Å². The number of nitrogens with one attached hydrogen (secondary N) is 5. The number of aromatic amines is 1. The second kappa shape index (κ2) is 16.5. The van der Waals surface area contributed by atoms with E-state index in [4.69, 9.17) is 5.73 Å². The molecule has 240 valence electrons. The van der Waals surface area contributed by atoms with E-state index < -0.39 is 84.9 Å². The van der Waals surface area contributed by atoms with Gasteiger partial charge in [0.2, 0.25) is 23.6 Å². The number of carboxylic acid groups (broad SMARTS) is 2. The number of H-pyrrole nitrogens is 1. The van der Waals surface area contributed by atoms with Gasteiger partial charge in [-0.25, -0.2) is 9.78 Å². The summed E-state index contributed by atoms with van der Waals surface area (Å²) in [7, 11) is 0. The number of benzene rings is 1. The lowest BCUT2D eigenvalue weighted by Crippen LogP contribution is -2.60. The molecule has 44 heavy (non-hydrogen) atoms. The predicted molar refractivity (Wildman–Crippen MR) is 148 cm³/mol. The SMILES string of the molecule is C[C@@H](O)[C@H](N)C(=O)N[C@@H](Cc1ccc(O)cc1)C(=O)N[C@@H](CO)C(=O)N[C@@H](CC(=O)O)C(=O)N[C@@H](Cc1cnc[nH]1)C(=O)O. The van der Waals surface area contributed by atoms with Gasteiger partial charge in [0.05, 0.1) is 25.5 Å². The number of phenolic OH excluding ortho intramolecular Hbond substituents is 1. The van der Waals surface area contributed by atoms with Crippen LogP contribution in [0.5, 0.6) is 5.75 Å². The second-order valence-corrected chi connectivity index (χ2v) is 9.78. The molecule has 12 N–H and O–H groups in total. The number of aliphatic hydroxyl groups is 2. The number of phenols is 1. The third-order valence-corrected chi connectivity index (χ3v) is 6.25. The number of nitrogens with two attached hydrogens (primary N) is 1. The Balaban J connectivity index is 2.19. The molecular formula is C26H35N7O11. The summed E-state index contributed by atoms with van der Waals surface area (Å²) >= 11 is 0. The fourth-order valence-electron chi connectivity index (χ4n) is 3.78. The molecule has 0 aliphatic carbocycles. The van der Waals surface area contributed by atoms with Crippen molar-refractivity contribution >= 4 is 35.6 Å². The zero-order valence-corrected chi connectivity index (χ0v) is 23.5. The van der Waals surface area contributed by atoms with Crippen LogP contribution < -0.4 is 27.0 Å². The summed E-state index contributed by atoms with van der Waals surface area (Å²) in [6, 6.07) is -2.35. The van der Waals surface area contributed by atoms with Gasteiger partial charge in [-0.2, -0.15) is 0 Å². The van der Waals surface area contributed by atoms with E-state index in [0.717, 1.165) is 0 Å². The minimum absolute atomic E-state index is 0.0668. The van der Waals surface area contributed by atoms with Gasteiger partial charge in [0.15, 0.2) is 0 Å². The van der Waals surface area contributed by atoms with E-state index in [-0.39, 0.29) is 18.6 Å². The Morgan fingerprint density at radius 2 is 1.39 bits per heavy atom. The molecule has 0 fully saturated rings. The summed E-state index contributed by atoms with van der Waals surface area (Å²) in [6.07, 6.45) is -0.0622. The van der Waals surface area contributed by atoms with Crippen molar-refractivity contribution in [1.29, 1.82) is 0 Å². The highest BCUT2D eigenvalue weighted by Crippen LogP contribution is 2.12. The molecule has 2 rings (SSSR count). The van der Waals surface area contributed by atoms with E-state index in [1.807, 2.05) is 0 Å². The molecule has 0 aliphatic heterocycles. The summed E-state index contributed by atoms with van der Waals surface area (Å²) in [5, 5.41) is 56.6. The van der Waals surface area contributed by atoms with Crippen LogP contribution in [0.25, 0.3) is 0 Å². The van der Waals surface area contributed by atoms with Gasteiger partial charge >= 0.3 is 11.9 Å². The number of carboxylic acids is 2. The first-order valence-electron chi connectivity index (χ1n) is 13.2. The number of aliphatic carboxylic acids is 2. The van der Waals surface area contributed by atoms with Crippen LogP contribution in [-0.4, -0.2) is 114 Å². The molecule has 0 saturated heterocycles. The van der Waals surface area contributed by atoms with Crippen molar-refractivity contribution in [2.75, 3.05) is 6.61 Å². The number of aromatic hydroxyl groups is 1. The normalized spacial score (nSPS) is 15.0. The maximum atomic E-state index is 13.2. The Morgan fingerprint density at radius 3 is 1.91 bits per heavy atom. The fourth-order valence-corrected chi connectivity index (χ4v) is 3.78. The lowest BCUT2D eigenvalue weighted by Gasteiger charge is -2.25. The molecule has 0 unspecified atom stereocenters. The number of imidazole rings is 1. The van der Waals surface area contributed by atoms with Crippen molar-refractivity contribution in [3.63, 3.8) is 0 Å². The zero-order chi connectivity index (χ0) is 33.0. The first-order valence-corrected chi connectivity index (χ1v) is 13.2. The van der Waals surface area contributed by atoms with Crippen molar-refractivity contribution in [2.24, 2.45) is 5.73 Å². The third-order valence-electron chi connectivity index (χ3n) is 6.25. The first kappa shape index (κ1) is 35.1.